The minimum Gasteiger partial charge on any atom is -0.390 e. The summed E-state index contributed by atoms with van der Waals surface area (Å²) in [5.74, 6) is -0.559. The molecule has 4 rings (SSSR count). The first-order chi connectivity index (χ1) is 24.6. The lowest BCUT2D eigenvalue weighted by molar-refractivity contribution is -0.344. The molecular formula is C41H63NO9-2. The summed E-state index contributed by atoms with van der Waals surface area (Å²) in [7, 11) is 3.28. The van der Waals surface area contributed by atoms with E-state index in [1.807, 2.05) is 67.6 Å². The van der Waals surface area contributed by atoms with E-state index >= 15 is 0 Å². The van der Waals surface area contributed by atoms with E-state index in [4.69, 9.17) is 43.6 Å². The van der Waals surface area contributed by atoms with Crippen molar-refractivity contribution in [3.05, 3.63) is 85.6 Å². The first-order valence-corrected chi connectivity index (χ1v) is 18.6. The van der Waals surface area contributed by atoms with Gasteiger partial charge in [0.25, 0.3) is 0 Å². The average molecular weight is 714 g/mol. The second-order valence-corrected chi connectivity index (χ2v) is 14.2. The Kier molecular flexibility index (Phi) is 17.3. The fourth-order valence-corrected chi connectivity index (χ4v) is 7.07. The van der Waals surface area contributed by atoms with Crippen LogP contribution in [0.3, 0.4) is 0 Å². The average Bonchev–Trinajstić information content (AvgIpc) is 3.14. The maximum absolute atomic E-state index is 10.9. The van der Waals surface area contributed by atoms with Gasteiger partial charge in [-0.3, -0.25) is 0 Å². The van der Waals surface area contributed by atoms with Crippen molar-refractivity contribution in [2.75, 3.05) is 20.8 Å². The van der Waals surface area contributed by atoms with Gasteiger partial charge in [0.1, 0.15) is 12.4 Å². The molecule has 2 saturated heterocycles. The molecule has 2 heterocycles. The normalized spacial score (nSPS) is 32.3. The summed E-state index contributed by atoms with van der Waals surface area (Å²) in [6.45, 7) is 17.9. The molecule has 2 aromatic rings. The van der Waals surface area contributed by atoms with Gasteiger partial charge in [-0.15, -0.1) is 0 Å². The molecule has 288 valence electrons. The summed E-state index contributed by atoms with van der Waals surface area (Å²) in [6.07, 6.45) is -2.43. The van der Waals surface area contributed by atoms with Crippen LogP contribution in [0.4, 0.5) is 0 Å². The zero-order valence-corrected chi connectivity index (χ0v) is 31.5. The largest absolute Gasteiger partial charge is 0.390 e. The lowest BCUT2D eigenvalue weighted by Gasteiger charge is -2.51. The first-order valence-electron chi connectivity index (χ1n) is 18.6. The molecule has 0 bridgehead atoms. The smallest absolute Gasteiger partial charge is 0.161 e. The predicted molar refractivity (Wildman–Crippen MR) is 196 cm³/mol. The van der Waals surface area contributed by atoms with Crippen LogP contribution >= 0.6 is 0 Å². The van der Waals surface area contributed by atoms with Gasteiger partial charge >= 0.3 is 0 Å². The van der Waals surface area contributed by atoms with Crippen molar-refractivity contribution in [3.8, 4) is 0 Å². The van der Waals surface area contributed by atoms with Gasteiger partial charge in [-0.2, -0.15) is 6.42 Å². The first kappa shape index (κ1) is 41.8. The van der Waals surface area contributed by atoms with Gasteiger partial charge in [0.05, 0.1) is 68.6 Å². The van der Waals surface area contributed by atoms with Crippen molar-refractivity contribution in [1.29, 1.82) is 0 Å². The molecule has 2 fully saturated rings. The van der Waals surface area contributed by atoms with Gasteiger partial charge in [0.15, 0.2) is 6.29 Å². The third kappa shape index (κ3) is 11.5. The molecular weight excluding hydrogens is 650 g/mol. The molecule has 0 aromatic heterocycles. The quantitative estimate of drug-likeness (QED) is 0.161. The van der Waals surface area contributed by atoms with Crippen LogP contribution in [0, 0.1) is 31.6 Å². The van der Waals surface area contributed by atoms with Crippen LogP contribution in [0.1, 0.15) is 64.5 Å². The molecule has 0 radical (unpaired) electrons. The third-order valence-corrected chi connectivity index (χ3v) is 10.5. The number of aliphatic hydroxyl groups is 1. The molecule has 14 atom stereocenters. The number of aliphatic hydroxyl groups excluding tert-OH is 1. The van der Waals surface area contributed by atoms with E-state index in [1.165, 1.54) is 0 Å². The summed E-state index contributed by atoms with van der Waals surface area (Å²) in [5, 5.41) is 10.9. The molecule has 51 heavy (non-hydrogen) atoms. The zero-order chi connectivity index (χ0) is 36.9. The van der Waals surface area contributed by atoms with E-state index in [9.17, 15) is 5.11 Å². The van der Waals surface area contributed by atoms with Crippen LogP contribution in [-0.2, 0) is 51.1 Å². The van der Waals surface area contributed by atoms with Crippen molar-refractivity contribution < 1.29 is 43.0 Å². The summed E-state index contributed by atoms with van der Waals surface area (Å²) < 4.78 is 51.1. The molecule has 0 aliphatic carbocycles. The van der Waals surface area contributed by atoms with Crippen molar-refractivity contribution in [1.82, 2.24) is 0 Å². The van der Waals surface area contributed by atoms with E-state index in [-0.39, 0.29) is 24.0 Å². The Bertz CT molecular complexity index is 1220. The van der Waals surface area contributed by atoms with Crippen molar-refractivity contribution in [3.63, 3.8) is 0 Å². The second kappa shape index (κ2) is 21.1. The molecule has 0 amide bonds. The molecule has 0 spiro atoms. The fraction of sp³-hybridized carbons (Fsp3) is 0.659. The van der Waals surface area contributed by atoms with Gasteiger partial charge in [-0.1, -0.05) is 93.8 Å². The molecule has 10 heteroatoms. The second-order valence-electron chi connectivity index (χ2n) is 14.2. The fourth-order valence-electron chi connectivity index (χ4n) is 7.07. The number of benzene rings is 2. The third-order valence-electron chi connectivity index (χ3n) is 10.5. The Morgan fingerprint density at radius 3 is 2.08 bits per heavy atom. The van der Waals surface area contributed by atoms with Crippen LogP contribution in [0.15, 0.2) is 60.7 Å². The summed E-state index contributed by atoms with van der Waals surface area (Å²) in [6, 6.07) is 19.6. The van der Waals surface area contributed by atoms with Gasteiger partial charge in [0.2, 0.25) is 0 Å². The van der Waals surface area contributed by atoms with E-state index in [0.717, 1.165) is 24.0 Å². The van der Waals surface area contributed by atoms with Gasteiger partial charge < -0.3 is 62.6 Å². The predicted octanol–water partition coefficient (Wildman–Crippen LogP) is 5.88. The maximum atomic E-state index is 10.9. The van der Waals surface area contributed by atoms with Gasteiger partial charge in [0, 0.05) is 26.6 Å². The minimum atomic E-state index is -0.762. The highest BCUT2D eigenvalue weighted by molar-refractivity contribution is 5.14. The van der Waals surface area contributed by atoms with E-state index in [1.54, 1.807) is 14.2 Å². The zero-order valence-electron chi connectivity index (χ0n) is 31.5. The Morgan fingerprint density at radius 1 is 0.843 bits per heavy atom. The number of rotatable bonds is 20. The van der Waals surface area contributed by atoms with Crippen molar-refractivity contribution in [2.45, 2.75) is 134 Å². The number of methoxy groups -OCH3 is 2. The molecule has 10 nitrogen and oxygen atoms in total. The highest BCUT2D eigenvalue weighted by Gasteiger charge is 2.47. The van der Waals surface area contributed by atoms with E-state index in [2.05, 4.69) is 34.6 Å². The molecule has 3 N–H and O–H groups in total. The Morgan fingerprint density at radius 2 is 1.49 bits per heavy atom. The highest BCUT2D eigenvalue weighted by Crippen LogP contribution is 2.38. The monoisotopic (exact) mass is 713 g/mol. The van der Waals surface area contributed by atoms with Gasteiger partial charge in [-0.05, 0) is 30.4 Å². The number of nitrogens with two attached hydrogens (primary N) is 1. The number of hydrogen-bond donors (Lipinski definition) is 2. The Labute approximate surface area is 306 Å². The Balaban J connectivity index is 1.57. The molecule has 14 unspecified atom stereocenters. The van der Waals surface area contributed by atoms with Crippen molar-refractivity contribution >= 4 is 0 Å². The topological polar surface area (TPSA) is 120 Å². The van der Waals surface area contributed by atoms with Crippen LogP contribution in [0.25, 0.3) is 0 Å². The molecule has 2 aliphatic rings. The summed E-state index contributed by atoms with van der Waals surface area (Å²) >= 11 is 0. The van der Waals surface area contributed by atoms with E-state index < -0.39 is 61.2 Å². The Hall–Kier alpha value is -1.96. The summed E-state index contributed by atoms with van der Waals surface area (Å²) in [4.78, 5) is 0. The summed E-state index contributed by atoms with van der Waals surface area (Å²) in [5.41, 5.74) is 8.69. The molecule has 2 aliphatic heterocycles. The highest BCUT2D eigenvalue weighted by atomic mass is 16.7. The van der Waals surface area contributed by atoms with Crippen LogP contribution in [0.5, 0.6) is 0 Å². The molecule has 0 saturated carbocycles. The van der Waals surface area contributed by atoms with Gasteiger partial charge in [-0.25, -0.2) is 0 Å². The number of ether oxygens (including phenoxy) is 8. The lowest BCUT2D eigenvalue weighted by atomic mass is 9.83. The van der Waals surface area contributed by atoms with Crippen LogP contribution < -0.4 is 5.73 Å². The minimum absolute atomic E-state index is 0.00800. The standard InChI is InChI=1S/C41H63NO9/c1-9-17-34-37(43)26(3)27(4)40(49-34)51-39-29(6)48-41(28(5)38(39)47-24-31-20-15-12-16-21-31)50-36(33(10-2)45-8)22-35(32(42)25-44-7)46-23-30-18-13-11-14-19-30/h11-16,18-21,26-29,32-41,43H,2,5,9-10,17,22-25,42H2,1,3-4,6-8H3/q-2. The van der Waals surface area contributed by atoms with Crippen LogP contribution in [0.2, 0.25) is 0 Å². The number of hydrogen-bond acceptors (Lipinski definition) is 10. The molecule has 2 aromatic carbocycles. The maximum Gasteiger partial charge on any atom is 0.161 e. The van der Waals surface area contributed by atoms with Crippen molar-refractivity contribution in [2.24, 2.45) is 23.5 Å². The lowest BCUT2D eigenvalue weighted by Crippen LogP contribution is -2.59. The van der Waals surface area contributed by atoms with E-state index in [0.29, 0.717) is 32.7 Å². The SMILES string of the molecule is [CH2-]CC(OC)C(CC(OCc1ccccc1)C(N)COC)OC1OC(C)C(OC2OC(CCC)C(O)C(C)C2C)C(OCc2ccccc2)C1[CH2-]. The van der Waals surface area contributed by atoms with Crippen LogP contribution in [-0.4, -0.2) is 93.4 Å².